The summed E-state index contributed by atoms with van der Waals surface area (Å²) in [4.78, 5) is 4.32. The summed E-state index contributed by atoms with van der Waals surface area (Å²) < 4.78 is 5.62. The number of hydrogen-bond donors (Lipinski definition) is 1. The summed E-state index contributed by atoms with van der Waals surface area (Å²) >= 11 is 1.65. The zero-order valence-electron chi connectivity index (χ0n) is 8.40. The lowest BCUT2D eigenvalue weighted by molar-refractivity contribution is -0.0213. The van der Waals surface area contributed by atoms with Gasteiger partial charge in [0, 0.05) is 18.2 Å². The predicted molar refractivity (Wildman–Crippen MR) is 57.2 cm³/mol. The SMILES string of the molecule is CCC1CC(N)(c2nccs2)CCO1. The van der Waals surface area contributed by atoms with Gasteiger partial charge in [-0.2, -0.15) is 0 Å². The smallest absolute Gasteiger partial charge is 0.113 e. The van der Waals surface area contributed by atoms with Gasteiger partial charge < -0.3 is 10.5 Å². The van der Waals surface area contributed by atoms with Gasteiger partial charge in [0.15, 0.2) is 0 Å². The average molecular weight is 212 g/mol. The fourth-order valence-electron chi connectivity index (χ4n) is 1.90. The fraction of sp³-hybridized carbons (Fsp3) is 0.700. The molecule has 1 fully saturated rings. The van der Waals surface area contributed by atoms with Crippen LogP contribution in [0.2, 0.25) is 0 Å². The number of aromatic nitrogens is 1. The number of hydrogen-bond acceptors (Lipinski definition) is 4. The van der Waals surface area contributed by atoms with Gasteiger partial charge in [0.05, 0.1) is 11.6 Å². The first kappa shape index (κ1) is 10.1. The third-order valence-corrected chi connectivity index (χ3v) is 3.80. The molecule has 0 bridgehead atoms. The van der Waals surface area contributed by atoms with E-state index in [1.165, 1.54) is 0 Å². The van der Waals surface area contributed by atoms with E-state index in [1.54, 1.807) is 11.3 Å². The van der Waals surface area contributed by atoms with Crippen molar-refractivity contribution in [2.24, 2.45) is 5.73 Å². The van der Waals surface area contributed by atoms with Gasteiger partial charge in [0.1, 0.15) is 5.01 Å². The second-order valence-corrected chi connectivity index (χ2v) is 4.74. The molecule has 3 nitrogen and oxygen atoms in total. The Morgan fingerprint density at radius 3 is 3.29 bits per heavy atom. The molecule has 0 radical (unpaired) electrons. The van der Waals surface area contributed by atoms with Gasteiger partial charge in [-0.15, -0.1) is 11.3 Å². The molecule has 1 saturated heterocycles. The fourth-order valence-corrected chi connectivity index (χ4v) is 2.69. The Hall–Kier alpha value is -0.450. The Kier molecular flexibility index (Phi) is 2.85. The molecular formula is C10H16N2OS. The van der Waals surface area contributed by atoms with Crippen LogP contribution in [0.25, 0.3) is 0 Å². The van der Waals surface area contributed by atoms with E-state index < -0.39 is 0 Å². The lowest BCUT2D eigenvalue weighted by Gasteiger charge is -2.36. The van der Waals surface area contributed by atoms with Crippen molar-refractivity contribution >= 4 is 11.3 Å². The van der Waals surface area contributed by atoms with Crippen molar-refractivity contribution in [1.29, 1.82) is 0 Å². The predicted octanol–water partition coefficient (Wildman–Crippen LogP) is 1.89. The first-order valence-corrected chi connectivity index (χ1v) is 5.93. The minimum absolute atomic E-state index is 0.243. The van der Waals surface area contributed by atoms with E-state index in [-0.39, 0.29) is 5.54 Å². The maximum Gasteiger partial charge on any atom is 0.113 e. The van der Waals surface area contributed by atoms with Gasteiger partial charge in [-0.3, -0.25) is 0 Å². The molecule has 2 atom stereocenters. The summed E-state index contributed by atoms with van der Waals surface area (Å²) in [6.07, 6.45) is 4.95. The van der Waals surface area contributed by atoms with Gasteiger partial charge in [-0.1, -0.05) is 6.92 Å². The Morgan fingerprint density at radius 1 is 1.79 bits per heavy atom. The van der Waals surface area contributed by atoms with Crippen molar-refractivity contribution in [3.05, 3.63) is 16.6 Å². The minimum atomic E-state index is -0.243. The molecule has 0 amide bonds. The van der Waals surface area contributed by atoms with Crippen molar-refractivity contribution in [2.45, 2.75) is 37.8 Å². The molecular weight excluding hydrogens is 196 g/mol. The van der Waals surface area contributed by atoms with Crippen LogP contribution in [0, 0.1) is 0 Å². The summed E-state index contributed by atoms with van der Waals surface area (Å²) in [6.45, 7) is 2.90. The van der Waals surface area contributed by atoms with Crippen molar-refractivity contribution in [1.82, 2.24) is 4.98 Å². The van der Waals surface area contributed by atoms with Crippen LogP contribution in [0.4, 0.5) is 0 Å². The standard InChI is InChI=1S/C10H16N2OS/c1-2-8-7-10(11,3-5-13-8)9-12-4-6-14-9/h4,6,8H,2-3,5,7,11H2,1H3. The molecule has 0 spiro atoms. The van der Waals surface area contributed by atoms with E-state index in [4.69, 9.17) is 10.5 Å². The lowest BCUT2D eigenvalue weighted by Crippen LogP contribution is -2.45. The maximum atomic E-state index is 6.36. The number of ether oxygens (including phenoxy) is 1. The molecule has 2 N–H and O–H groups in total. The molecule has 0 aliphatic carbocycles. The quantitative estimate of drug-likeness (QED) is 0.814. The van der Waals surface area contributed by atoms with Gasteiger partial charge in [-0.05, 0) is 19.3 Å². The summed E-state index contributed by atoms with van der Waals surface area (Å²) in [5.41, 5.74) is 6.12. The van der Waals surface area contributed by atoms with E-state index in [2.05, 4.69) is 11.9 Å². The Balaban J connectivity index is 2.15. The topological polar surface area (TPSA) is 48.1 Å². The van der Waals surface area contributed by atoms with E-state index in [1.807, 2.05) is 11.6 Å². The Bertz CT molecular complexity index is 288. The van der Waals surface area contributed by atoms with Gasteiger partial charge in [0.25, 0.3) is 0 Å². The van der Waals surface area contributed by atoms with Crippen molar-refractivity contribution in [2.75, 3.05) is 6.61 Å². The van der Waals surface area contributed by atoms with Gasteiger partial charge in [0.2, 0.25) is 0 Å². The molecule has 0 saturated carbocycles. The molecule has 0 aromatic carbocycles. The molecule has 14 heavy (non-hydrogen) atoms. The molecule has 1 aromatic heterocycles. The Labute approximate surface area is 88.3 Å². The number of nitrogens with two attached hydrogens (primary N) is 1. The third-order valence-electron chi connectivity index (χ3n) is 2.81. The third kappa shape index (κ3) is 1.82. The van der Waals surface area contributed by atoms with Crippen LogP contribution < -0.4 is 5.73 Å². The monoisotopic (exact) mass is 212 g/mol. The van der Waals surface area contributed by atoms with Crippen LogP contribution >= 0.6 is 11.3 Å². The first-order valence-electron chi connectivity index (χ1n) is 5.05. The summed E-state index contributed by atoms with van der Waals surface area (Å²) in [7, 11) is 0. The van der Waals surface area contributed by atoms with Crippen LogP contribution in [0.5, 0.6) is 0 Å². The molecule has 1 aliphatic heterocycles. The minimum Gasteiger partial charge on any atom is -0.378 e. The van der Waals surface area contributed by atoms with Crippen molar-refractivity contribution in [3.63, 3.8) is 0 Å². The lowest BCUT2D eigenvalue weighted by atomic mass is 9.87. The van der Waals surface area contributed by atoms with E-state index in [9.17, 15) is 0 Å². The zero-order chi connectivity index (χ0) is 10.0. The van der Waals surface area contributed by atoms with E-state index >= 15 is 0 Å². The van der Waals surface area contributed by atoms with Gasteiger partial charge >= 0.3 is 0 Å². The number of nitrogens with zero attached hydrogens (tertiary/aromatic N) is 1. The zero-order valence-corrected chi connectivity index (χ0v) is 9.22. The molecule has 2 unspecified atom stereocenters. The van der Waals surface area contributed by atoms with Crippen molar-refractivity contribution in [3.8, 4) is 0 Å². The molecule has 2 heterocycles. The molecule has 2 rings (SSSR count). The second kappa shape index (κ2) is 3.96. The van der Waals surface area contributed by atoms with E-state index in [0.29, 0.717) is 6.10 Å². The van der Waals surface area contributed by atoms with Crippen LogP contribution in [-0.4, -0.2) is 17.7 Å². The van der Waals surface area contributed by atoms with Crippen LogP contribution in [0.1, 0.15) is 31.2 Å². The number of rotatable bonds is 2. The Morgan fingerprint density at radius 2 is 2.64 bits per heavy atom. The molecule has 78 valence electrons. The highest BCUT2D eigenvalue weighted by atomic mass is 32.1. The summed E-state index contributed by atoms with van der Waals surface area (Å²) in [5.74, 6) is 0. The van der Waals surface area contributed by atoms with Crippen molar-refractivity contribution < 1.29 is 4.74 Å². The highest BCUT2D eigenvalue weighted by Crippen LogP contribution is 2.34. The van der Waals surface area contributed by atoms with E-state index in [0.717, 1.165) is 30.9 Å². The molecule has 4 heteroatoms. The molecule has 1 aromatic rings. The summed E-state index contributed by atoms with van der Waals surface area (Å²) in [5, 5.41) is 3.04. The molecule has 1 aliphatic rings. The van der Waals surface area contributed by atoms with Crippen LogP contribution in [-0.2, 0) is 10.3 Å². The highest BCUT2D eigenvalue weighted by molar-refractivity contribution is 7.09. The highest BCUT2D eigenvalue weighted by Gasteiger charge is 2.36. The largest absolute Gasteiger partial charge is 0.378 e. The maximum absolute atomic E-state index is 6.36. The normalized spacial score (nSPS) is 33.1. The van der Waals surface area contributed by atoms with Crippen LogP contribution in [0.3, 0.4) is 0 Å². The van der Waals surface area contributed by atoms with Gasteiger partial charge in [-0.25, -0.2) is 4.98 Å². The second-order valence-electron chi connectivity index (χ2n) is 3.85. The van der Waals surface area contributed by atoms with Crippen LogP contribution in [0.15, 0.2) is 11.6 Å². The first-order chi connectivity index (χ1) is 6.74. The summed E-state index contributed by atoms with van der Waals surface area (Å²) in [6, 6.07) is 0. The number of thiazole rings is 1. The average Bonchev–Trinajstić information content (AvgIpc) is 2.71.